The molecule has 0 aliphatic heterocycles. The van der Waals surface area contributed by atoms with E-state index in [1.165, 1.54) is 25.3 Å². The Morgan fingerprint density at radius 2 is 1.24 bits per heavy atom. The van der Waals surface area contributed by atoms with Crippen molar-refractivity contribution in [3.05, 3.63) is 59.7 Å². The number of rotatable bonds is 14. The van der Waals surface area contributed by atoms with Crippen LogP contribution in [0.2, 0.25) is 0 Å². The second-order valence-corrected chi connectivity index (χ2v) is 14.2. The van der Waals surface area contributed by atoms with Crippen molar-refractivity contribution < 1.29 is 53.1 Å². The fourth-order valence-electron chi connectivity index (χ4n) is 3.60. The molecule has 3 aromatic carbocycles. The predicted molar refractivity (Wildman–Crippen MR) is 171 cm³/mol. The van der Waals surface area contributed by atoms with Crippen LogP contribution in [0.3, 0.4) is 0 Å². The van der Waals surface area contributed by atoms with Crippen LogP contribution in [0.5, 0.6) is 17.2 Å². The number of anilines is 2. The lowest BCUT2D eigenvalue weighted by Gasteiger charge is -2.11. The van der Waals surface area contributed by atoms with Gasteiger partial charge in [-0.3, -0.25) is 13.7 Å². The zero-order valence-corrected chi connectivity index (χ0v) is 27.6. The van der Waals surface area contributed by atoms with Crippen LogP contribution in [0, 0.1) is 13.8 Å². The summed E-state index contributed by atoms with van der Waals surface area (Å²) in [6, 6.07) is 12.3. The molecule has 0 amide bonds. The van der Waals surface area contributed by atoms with Gasteiger partial charge in [-0.1, -0.05) is 6.07 Å². The largest absolute Gasteiger partial charge is 0.497 e. The Bertz CT molecular complexity index is 1860. The van der Waals surface area contributed by atoms with Crippen molar-refractivity contribution in [1.82, 2.24) is 0 Å². The molecule has 0 spiro atoms. The van der Waals surface area contributed by atoms with Crippen LogP contribution in [0.15, 0.2) is 63.7 Å². The minimum absolute atomic E-state index is 0.0188. The zero-order valence-electron chi connectivity index (χ0n) is 25.2. The van der Waals surface area contributed by atoms with E-state index in [0.29, 0.717) is 22.7 Å². The van der Waals surface area contributed by atoms with Crippen LogP contribution in [0.25, 0.3) is 0 Å². The highest BCUT2D eigenvalue weighted by Gasteiger charge is 2.17. The summed E-state index contributed by atoms with van der Waals surface area (Å²) < 4.78 is 108. The minimum Gasteiger partial charge on any atom is -0.497 e. The maximum atomic E-state index is 11.6. The number of nitrogens with zero attached hydrogens (tertiary/aromatic N) is 2. The first-order chi connectivity index (χ1) is 21.3. The van der Waals surface area contributed by atoms with E-state index in [4.69, 9.17) is 34.8 Å². The third-order valence-corrected chi connectivity index (χ3v) is 8.30. The van der Waals surface area contributed by atoms with Gasteiger partial charge in [0.2, 0.25) is 0 Å². The number of ether oxygens (including phenoxy) is 3. The molecule has 3 rings (SSSR count). The molecule has 0 unspecified atom stereocenters. The molecule has 19 heteroatoms. The molecule has 7 N–H and O–H groups in total. The average Bonchev–Trinajstić information content (AvgIpc) is 2.93. The van der Waals surface area contributed by atoms with Crippen LogP contribution in [0.4, 0.5) is 22.7 Å². The van der Waals surface area contributed by atoms with Gasteiger partial charge >= 0.3 is 0 Å². The van der Waals surface area contributed by atoms with Crippen molar-refractivity contribution in [2.24, 2.45) is 10.2 Å². The summed E-state index contributed by atoms with van der Waals surface area (Å²) in [5, 5.41) is 7.91. The van der Waals surface area contributed by atoms with Gasteiger partial charge in [0.15, 0.2) is 0 Å². The fraction of sp³-hybridized carbons (Fsp3) is 0.333. The Hall–Kier alpha value is -4.01. The summed E-state index contributed by atoms with van der Waals surface area (Å²) in [7, 11) is -11.2. The maximum Gasteiger partial charge on any atom is 0.296 e. The second-order valence-electron chi connectivity index (χ2n) is 9.70. The number of benzene rings is 3. The quantitative estimate of drug-likeness (QED) is 0.0683. The van der Waals surface area contributed by atoms with Crippen molar-refractivity contribution in [2.75, 3.05) is 43.3 Å². The highest BCUT2D eigenvalue weighted by atomic mass is 32.2. The van der Waals surface area contributed by atoms with Gasteiger partial charge in [0, 0.05) is 12.1 Å². The van der Waals surface area contributed by atoms with E-state index in [2.05, 4.69) is 10.2 Å². The summed E-state index contributed by atoms with van der Waals surface area (Å²) in [5.74, 6) is 0.196. The Morgan fingerprint density at radius 3 is 1.76 bits per heavy atom. The highest BCUT2D eigenvalue weighted by Crippen LogP contribution is 2.34. The number of nitrogens with two attached hydrogens (primary N) is 2. The molecular formula is C27H36N4O12S3. The van der Waals surface area contributed by atoms with Gasteiger partial charge in [0.05, 0.1) is 48.9 Å². The molecule has 0 heterocycles. The van der Waals surface area contributed by atoms with Gasteiger partial charge in [0.1, 0.15) is 27.8 Å². The average molecular weight is 705 g/mol. The SMILES string of the molecule is COc1ccc(N=Nc2cc(OCCCS(=O)(=O)O)c(N)cc2C)c(S(=O)(=O)O)c1.Cc1ccc(OCCCS(=O)(=O)O)c(N)c1. The molecule has 254 valence electrons. The van der Waals surface area contributed by atoms with E-state index in [0.717, 1.165) is 11.6 Å². The monoisotopic (exact) mass is 704 g/mol. The van der Waals surface area contributed by atoms with Crippen LogP contribution < -0.4 is 25.7 Å². The Kier molecular flexibility index (Phi) is 13.7. The number of hydrogen-bond donors (Lipinski definition) is 5. The molecule has 0 aromatic heterocycles. The number of azo groups is 1. The van der Waals surface area contributed by atoms with Gasteiger partial charge in [0.25, 0.3) is 30.4 Å². The fourth-order valence-corrected chi connectivity index (χ4v) is 5.20. The van der Waals surface area contributed by atoms with Gasteiger partial charge in [-0.05, 0) is 68.1 Å². The minimum atomic E-state index is -4.57. The third-order valence-electron chi connectivity index (χ3n) is 5.81. The van der Waals surface area contributed by atoms with Crippen molar-refractivity contribution in [1.29, 1.82) is 0 Å². The molecule has 0 aliphatic rings. The number of methoxy groups -OCH3 is 1. The van der Waals surface area contributed by atoms with Crippen LogP contribution in [-0.2, 0) is 30.4 Å². The standard InChI is InChI=1S/C17H21N3O8S2.C10H15NO4S/c1-11-8-13(18)16(28-6-3-7-29(21,22)23)10-15(11)20-19-14-5-4-12(27-2)9-17(14)30(24,25)26;1-8-3-4-10(9(11)7-8)15-5-2-6-16(12,13)14/h4-5,8-10H,3,6-7,18H2,1-2H3,(H,21,22,23)(H,24,25,26);3-4,7H,2,5-6,11H2,1H3,(H,12,13,14). The van der Waals surface area contributed by atoms with E-state index in [1.54, 1.807) is 25.1 Å². The Labute approximate surface area is 267 Å². The molecule has 3 aromatic rings. The number of aryl methyl sites for hydroxylation is 2. The zero-order chi connectivity index (χ0) is 34.7. The molecule has 0 radical (unpaired) electrons. The lowest BCUT2D eigenvalue weighted by Crippen LogP contribution is -2.09. The van der Waals surface area contributed by atoms with Gasteiger partial charge in [-0.25, -0.2) is 0 Å². The van der Waals surface area contributed by atoms with E-state index in [1.807, 2.05) is 13.0 Å². The van der Waals surface area contributed by atoms with Crippen molar-refractivity contribution >= 4 is 53.1 Å². The highest BCUT2D eigenvalue weighted by molar-refractivity contribution is 7.86. The summed E-state index contributed by atoms with van der Waals surface area (Å²) in [6.45, 7) is 3.80. The summed E-state index contributed by atoms with van der Waals surface area (Å²) in [6.07, 6.45) is 0.277. The van der Waals surface area contributed by atoms with Crippen molar-refractivity contribution in [3.63, 3.8) is 0 Å². The third kappa shape index (κ3) is 13.5. The van der Waals surface area contributed by atoms with E-state index in [9.17, 15) is 29.8 Å². The molecule has 0 bridgehead atoms. The van der Waals surface area contributed by atoms with E-state index in [-0.39, 0.29) is 54.7 Å². The molecular weight excluding hydrogens is 669 g/mol. The molecule has 0 fully saturated rings. The molecule has 0 aliphatic carbocycles. The van der Waals surface area contributed by atoms with Gasteiger partial charge in [-0.15, -0.1) is 5.11 Å². The smallest absolute Gasteiger partial charge is 0.296 e. The Balaban J connectivity index is 0.000000387. The molecule has 46 heavy (non-hydrogen) atoms. The maximum absolute atomic E-state index is 11.6. The summed E-state index contributed by atoms with van der Waals surface area (Å²) in [4.78, 5) is -0.472. The number of hydrogen-bond acceptors (Lipinski definition) is 13. The molecule has 16 nitrogen and oxygen atoms in total. The topological polar surface area (TPSA) is 268 Å². The lowest BCUT2D eigenvalue weighted by atomic mass is 10.1. The first-order valence-corrected chi connectivity index (χ1v) is 17.9. The lowest BCUT2D eigenvalue weighted by molar-refractivity contribution is 0.317. The van der Waals surface area contributed by atoms with Crippen LogP contribution in [0.1, 0.15) is 24.0 Å². The first kappa shape index (κ1) is 38.2. The van der Waals surface area contributed by atoms with Crippen LogP contribution >= 0.6 is 0 Å². The summed E-state index contributed by atoms with van der Waals surface area (Å²) in [5.41, 5.74) is 14.2. The van der Waals surface area contributed by atoms with Gasteiger partial charge in [-0.2, -0.15) is 30.4 Å². The number of nitrogen functional groups attached to an aromatic ring is 2. The Morgan fingerprint density at radius 1 is 0.696 bits per heavy atom. The first-order valence-electron chi connectivity index (χ1n) is 13.3. The van der Waals surface area contributed by atoms with E-state index >= 15 is 0 Å². The van der Waals surface area contributed by atoms with E-state index < -0.39 is 41.0 Å². The van der Waals surface area contributed by atoms with Gasteiger partial charge < -0.3 is 25.7 Å². The normalized spacial score (nSPS) is 12.0. The van der Waals surface area contributed by atoms with Crippen LogP contribution in [-0.4, -0.2) is 70.7 Å². The molecule has 0 atom stereocenters. The van der Waals surface area contributed by atoms with Crippen molar-refractivity contribution in [3.8, 4) is 17.2 Å². The molecule has 0 saturated carbocycles. The summed E-state index contributed by atoms with van der Waals surface area (Å²) >= 11 is 0. The molecule has 0 saturated heterocycles. The predicted octanol–water partition coefficient (Wildman–Crippen LogP) is 4.14. The van der Waals surface area contributed by atoms with Crippen molar-refractivity contribution in [2.45, 2.75) is 31.6 Å². The second kappa shape index (κ2) is 16.5.